The van der Waals surface area contributed by atoms with Gasteiger partial charge in [0.25, 0.3) is 0 Å². The van der Waals surface area contributed by atoms with Gasteiger partial charge in [-0.05, 0) is 36.5 Å². The van der Waals surface area contributed by atoms with Gasteiger partial charge in [0.1, 0.15) is 6.61 Å². The Labute approximate surface area is 158 Å². The number of benzene rings is 1. The molecule has 0 saturated heterocycles. The van der Waals surface area contributed by atoms with Crippen LogP contribution in [0.15, 0.2) is 41.4 Å². The van der Waals surface area contributed by atoms with Crippen molar-refractivity contribution in [3.8, 4) is 0 Å². The molecule has 1 aliphatic heterocycles. The summed E-state index contributed by atoms with van der Waals surface area (Å²) < 4.78 is 5.85. The number of halogens is 1. The first-order valence-corrected chi connectivity index (χ1v) is 10.1. The lowest BCUT2D eigenvalue weighted by atomic mass is 9.94. The monoisotopic (exact) mass is 361 g/mol. The van der Waals surface area contributed by atoms with Crippen molar-refractivity contribution in [3.05, 3.63) is 47.0 Å². The van der Waals surface area contributed by atoms with Gasteiger partial charge in [0.15, 0.2) is 5.90 Å². The van der Waals surface area contributed by atoms with Crippen molar-refractivity contribution in [1.29, 1.82) is 0 Å². The Morgan fingerprint density at radius 3 is 2.60 bits per heavy atom. The molecule has 0 spiro atoms. The molecular weight excluding hydrogens is 330 g/mol. The van der Waals surface area contributed by atoms with E-state index in [9.17, 15) is 0 Å². The average molecular weight is 362 g/mol. The van der Waals surface area contributed by atoms with Gasteiger partial charge < -0.3 is 4.74 Å². The normalized spacial score (nSPS) is 18.6. The van der Waals surface area contributed by atoms with E-state index in [0.717, 1.165) is 30.4 Å². The Bertz CT molecular complexity index is 562. The number of allylic oxidation sites excluding steroid dienone is 2. The van der Waals surface area contributed by atoms with Crippen LogP contribution < -0.4 is 0 Å². The first kappa shape index (κ1) is 20.0. The lowest BCUT2D eigenvalue weighted by molar-refractivity contribution is 0.285. The van der Waals surface area contributed by atoms with Crippen molar-refractivity contribution in [2.75, 3.05) is 6.61 Å². The third-order valence-corrected chi connectivity index (χ3v) is 5.04. The van der Waals surface area contributed by atoms with Crippen molar-refractivity contribution in [2.45, 2.75) is 71.3 Å². The maximum absolute atomic E-state index is 6.05. The van der Waals surface area contributed by atoms with E-state index in [2.05, 4.69) is 45.1 Å². The largest absolute Gasteiger partial charge is 0.479 e. The van der Waals surface area contributed by atoms with Crippen LogP contribution in [0, 0.1) is 5.92 Å². The van der Waals surface area contributed by atoms with Gasteiger partial charge in [-0.3, -0.25) is 0 Å². The van der Waals surface area contributed by atoms with E-state index in [4.69, 9.17) is 21.3 Å². The number of rotatable bonds is 10. The number of nitrogens with zero attached hydrogens (tertiary/aromatic N) is 1. The van der Waals surface area contributed by atoms with Gasteiger partial charge in [-0.1, -0.05) is 75.9 Å². The van der Waals surface area contributed by atoms with Crippen molar-refractivity contribution in [1.82, 2.24) is 0 Å². The smallest absolute Gasteiger partial charge is 0.184 e. The number of unbranched alkanes of at least 4 members (excludes halogenated alkanes) is 4. The molecule has 1 aromatic carbocycles. The summed E-state index contributed by atoms with van der Waals surface area (Å²) in [6.07, 6.45) is 11.8. The second kappa shape index (κ2) is 10.7. The standard InChI is InChI=1S/C22H32ClNO/c1-4-5-6-7-8-9-10-19(18-11-13-20(23)14-12-18)15-22-24-21(16-25-22)17(2)3/h9-14,17,19,21H,4-8,15-16H2,1-3H3/b10-9+/t19-,21+/m0/s1. The maximum Gasteiger partial charge on any atom is 0.184 e. The quantitative estimate of drug-likeness (QED) is 0.332. The SMILES string of the molecule is CCCCCC/C=C/[C@@H](CC1=N[C@@H](C(C)C)CO1)c1ccc(Cl)cc1. The van der Waals surface area contributed by atoms with Gasteiger partial charge in [0.05, 0.1) is 6.04 Å². The van der Waals surface area contributed by atoms with Crippen LogP contribution in [0.2, 0.25) is 5.02 Å². The fourth-order valence-electron chi connectivity index (χ4n) is 3.04. The van der Waals surface area contributed by atoms with Crippen LogP contribution in [0.1, 0.15) is 70.8 Å². The van der Waals surface area contributed by atoms with Gasteiger partial charge >= 0.3 is 0 Å². The third kappa shape index (κ3) is 6.86. The molecule has 0 unspecified atom stereocenters. The summed E-state index contributed by atoms with van der Waals surface area (Å²) in [4.78, 5) is 4.77. The van der Waals surface area contributed by atoms with Gasteiger partial charge in [0, 0.05) is 17.4 Å². The van der Waals surface area contributed by atoms with Crippen molar-refractivity contribution in [3.63, 3.8) is 0 Å². The molecule has 2 nitrogen and oxygen atoms in total. The molecule has 1 heterocycles. The fraction of sp³-hybridized carbons (Fsp3) is 0.591. The zero-order chi connectivity index (χ0) is 18.1. The number of hydrogen-bond donors (Lipinski definition) is 0. The molecule has 0 aliphatic carbocycles. The molecule has 2 rings (SSSR count). The fourth-order valence-corrected chi connectivity index (χ4v) is 3.16. The molecule has 2 atom stereocenters. The van der Waals surface area contributed by atoms with Crippen LogP contribution in [-0.2, 0) is 4.74 Å². The highest BCUT2D eigenvalue weighted by atomic mass is 35.5. The Morgan fingerprint density at radius 1 is 1.20 bits per heavy atom. The van der Waals surface area contributed by atoms with Crippen molar-refractivity contribution in [2.24, 2.45) is 10.9 Å². The minimum atomic E-state index is 0.299. The number of aliphatic imine (C=N–C) groups is 1. The first-order valence-electron chi connectivity index (χ1n) is 9.71. The van der Waals surface area contributed by atoms with Gasteiger partial charge in [-0.2, -0.15) is 0 Å². The summed E-state index contributed by atoms with van der Waals surface area (Å²) in [5, 5.41) is 0.778. The molecule has 1 aliphatic rings. The maximum atomic E-state index is 6.05. The van der Waals surface area contributed by atoms with E-state index in [1.54, 1.807) is 0 Å². The minimum absolute atomic E-state index is 0.299. The van der Waals surface area contributed by atoms with Crippen LogP contribution in [0.5, 0.6) is 0 Å². The zero-order valence-electron chi connectivity index (χ0n) is 15.9. The van der Waals surface area contributed by atoms with E-state index in [1.165, 1.54) is 31.2 Å². The van der Waals surface area contributed by atoms with Gasteiger partial charge in [0.2, 0.25) is 0 Å². The molecular formula is C22H32ClNO. The highest BCUT2D eigenvalue weighted by Gasteiger charge is 2.23. The van der Waals surface area contributed by atoms with Crippen LogP contribution in [0.3, 0.4) is 0 Å². The van der Waals surface area contributed by atoms with E-state index < -0.39 is 0 Å². The predicted molar refractivity (Wildman–Crippen MR) is 109 cm³/mol. The molecule has 138 valence electrons. The summed E-state index contributed by atoms with van der Waals surface area (Å²) in [5.74, 6) is 1.72. The molecule has 0 N–H and O–H groups in total. The van der Waals surface area contributed by atoms with Gasteiger partial charge in [-0.15, -0.1) is 0 Å². The molecule has 25 heavy (non-hydrogen) atoms. The zero-order valence-corrected chi connectivity index (χ0v) is 16.6. The van der Waals surface area contributed by atoms with Crippen LogP contribution >= 0.6 is 11.6 Å². The highest BCUT2D eigenvalue weighted by Crippen LogP contribution is 2.27. The second-order valence-electron chi connectivity index (χ2n) is 7.28. The highest BCUT2D eigenvalue weighted by molar-refractivity contribution is 6.30. The van der Waals surface area contributed by atoms with E-state index >= 15 is 0 Å². The second-order valence-corrected chi connectivity index (χ2v) is 7.72. The van der Waals surface area contributed by atoms with Crippen molar-refractivity contribution < 1.29 is 4.74 Å². The minimum Gasteiger partial charge on any atom is -0.479 e. The molecule has 3 heteroatoms. The lowest BCUT2D eigenvalue weighted by Crippen LogP contribution is -2.13. The molecule has 0 aromatic heterocycles. The molecule has 0 radical (unpaired) electrons. The molecule has 0 saturated carbocycles. The molecule has 0 bridgehead atoms. The summed E-state index contributed by atoms with van der Waals surface area (Å²) in [6.45, 7) is 7.38. The molecule has 1 aromatic rings. The van der Waals surface area contributed by atoms with Gasteiger partial charge in [-0.25, -0.2) is 4.99 Å². The van der Waals surface area contributed by atoms with Crippen LogP contribution in [0.4, 0.5) is 0 Å². The van der Waals surface area contributed by atoms with Crippen LogP contribution in [-0.4, -0.2) is 18.5 Å². The van der Waals surface area contributed by atoms with Crippen LogP contribution in [0.25, 0.3) is 0 Å². The Kier molecular flexibility index (Phi) is 8.54. The first-order chi connectivity index (χ1) is 12.1. The molecule has 0 amide bonds. The topological polar surface area (TPSA) is 21.6 Å². The third-order valence-electron chi connectivity index (χ3n) is 4.79. The summed E-state index contributed by atoms with van der Waals surface area (Å²) >= 11 is 6.05. The predicted octanol–water partition coefficient (Wildman–Crippen LogP) is 6.79. The summed E-state index contributed by atoms with van der Waals surface area (Å²) in [7, 11) is 0. The summed E-state index contributed by atoms with van der Waals surface area (Å²) in [5.41, 5.74) is 1.27. The Hall–Kier alpha value is -1.28. The average Bonchev–Trinajstić information content (AvgIpc) is 3.06. The number of ether oxygens (including phenoxy) is 1. The van der Waals surface area contributed by atoms with E-state index in [1.807, 2.05) is 12.1 Å². The van der Waals surface area contributed by atoms with E-state index in [0.29, 0.717) is 17.9 Å². The number of hydrogen-bond acceptors (Lipinski definition) is 2. The summed E-state index contributed by atoms with van der Waals surface area (Å²) in [6, 6.07) is 8.47. The Balaban J connectivity index is 2.01. The lowest BCUT2D eigenvalue weighted by Gasteiger charge is -2.13. The van der Waals surface area contributed by atoms with Crippen molar-refractivity contribution >= 4 is 17.5 Å². The molecule has 0 fully saturated rings. The Morgan fingerprint density at radius 2 is 1.96 bits per heavy atom. The van der Waals surface area contributed by atoms with E-state index in [-0.39, 0.29) is 0 Å².